The van der Waals surface area contributed by atoms with Crippen LogP contribution in [-0.2, 0) is 25.6 Å². The number of hydrogen-bond donors (Lipinski definition) is 6. The first-order valence-corrected chi connectivity index (χ1v) is 14.9. The highest BCUT2D eigenvalue weighted by Crippen LogP contribution is 2.53. The second-order valence-corrected chi connectivity index (χ2v) is 13.6. The number of aromatic hydroxyl groups is 1. The summed E-state index contributed by atoms with van der Waals surface area (Å²) < 4.78 is 0. The van der Waals surface area contributed by atoms with E-state index in [1.807, 2.05) is 12.1 Å². The van der Waals surface area contributed by atoms with Gasteiger partial charge in [-0.05, 0) is 79.6 Å². The Hall–Kier alpha value is -4.48. The fourth-order valence-corrected chi connectivity index (χ4v) is 6.96. The van der Waals surface area contributed by atoms with Gasteiger partial charge in [0.25, 0.3) is 5.91 Å². The predicted molar refractivity (Wildman–Crippen MR) is 167 cm³/mol. The average Bonchev–Trinajstić information content (AvgIpc) is 2.94. The Morgan fingerprint density at radius 2 is 1.69 bits per heavy atom. The van der Waals surface area contributed by atoms with Crippen LogP contribution in [0.1, 0.15) is 51.2 Å². The molecule has 45 heavy (non-hydrogen) atoms. The van der Waals surface area contributed by atoms with Crippen LogP contribution in [-0.4, -0.2) is 74.4 Å². The molecule has 7 N–H and O–H groups in total. The highest BCUT2D eigenvalue weighted by atomic mass is 16.3. The van der Waals surface area contributed by atoms with Crippen molar-refractivity contribution in [2.75, 3.05) is 19.4 Å². The zero-order valence-electron chi connectivity index (χ0n) is 26.0. The Bertz CT molecular complexity index is 1680. The van der Waals surface area contributed by atoms with Gasteiger partial charge >= 0.3 is 0 Å². The van der Waals surface area contributed by atoms with Crippen molar-refractivity contribution < 1.29 is 39.6 Å². The van der Waals surface area contributed by atoms with E-state index in [0.29, 0.717) is 23.2 Å². The van der Waals surface area contributed by atoms with Gasteiger partial charge in [0.1, 0.15) is 22.8 Å². The van der Waals surface area contributed by atoms with Crippen molar-refractivity contribution in [3.63, 3.8) is 0 Å². The number of benzene rings is 2. The van der Waals surface area contributed by atoms with E-state index in [2.05, 4.69) is 26.1 Å². The number of aliphatic hydroxyl groups excluding tert-OH is 2. The summed E-state index contributed by atoms with van der Waals surface area (Å²) in [4.78, 5) is 53.4. The number of rotatable bonds is 6. The molecule has 5 rings (SSSR count). The third-order valence-electron chi connectivity index (χ3n) is 9.19. The Balaban J connectivity index is 1.55. The maximum atomic E-state index is 14.0. The summed E-state index contributed by atoms with van der Waals surface area (Å²) in [5, 5.41) is 48.0. The minimum absolute atomic E-state index is 0.000390. The van der Waals surface area contributed by atoms with E-state index in [1.165, 1.54) is 11.0 Å². The lowest BCUT2D eigenvalue weighted by molar-refractivity contribution is -0.153. The number of anilines is 1. The van der Waals surface area contributed by atoms with Crippen LogP contribution in [0, 0.1) is 17.3 Å². The summed E-state index contributed by atoms with van der Waals surface area (Å²) in [5.41, 5.74) is 4.27. The number of fused-ring (bicyclic) bond motifs is 3. The first kappa shape index (κ1) is 31.9. The largest absolute Gasteiger partial charge is 0.508 e. The summed E-state index contributed by atoms with van der Waals surface area (Å²) in [6, 6.07) is 9.08. The number of aliphatic hydroxyl groups is 3. The average molecular weight is 618 g/mol. The molecule has 0 heterocycles. The summed E-state index contributed by atoms with van der Waals surface area (Å²) in [5.74, 6) is -7.03. The zero-order chi connectivity index (χ0) is 33.2. The van der Waals surface area contributed by atoms with Crippen LogP contribution in [0.15, 0.2) is 53.3 Å². The molecule has 0 saturated heterocycles. The van der Waals surface area contributed by atoms with Crippen LogP contribution in [0.2, 0.25) is 0 Å². The third kappa shape index (κ3) is 5.29. The van der Waals surface area contributed by atoms with E-state index >= 15 is 0 Å². The van der Waals surface area contributed by atoms with Gasteiger partial charge in [0.05, 0.1) is 11.6 Å². The first-order chi connectivity index (χ1) is 21.0. The van der Waals surface area contributed by atoms with Gasteiger partial charge in [-0.1, -0.05) is 39.0 Å². The molecule has 1 saturated carbocycles. The van der Waals surface area contributed by atoms with Gasteiger partial charge in [-0.15, -0.1) is 0 Å². The van der Waals surface area contributed by atoms with Crippen molar-refractivity contribution >= 4 is 34.8 Å². The molecule has 3 aliphatic carbocycles. The number of nitrogens with two attached hydrogens (primary N) is 1. The molecular weight excluding hydrogens is 578 g/mol. The zero-order valence-corrected chi connectivity index (χ0v) is 26.0. The van der Waals surface area contributed by atoms with Crippen molar-refractivity contribution in [2.45, 2.75) is 58.1 Å². The molecule has 238 valence electrons. The van der Waals surface area contributed by atoms with Crippen molar-refractivity contribution in [1.82, 2.24) is 4.90 Å². The number of carbonyl (C=O) groups excluding carboxylic acids is 4. The molecule has 2 aromatic carbocycles. The van der Waals surface area contributed by atoms with Gasteiger partial charge in [0.15, 0.2) is 11.4 Å². The maximum absolute atomic E-state index is 14.0. The minimum atomic E-state index is -2.69. The monoisotopic (exact) mass is 617 g/mol. The van der Waals surface area contributed by atoms with Crippen LogP contribution in [0.4, 0.5) is 5.69 Å². The van der Waals surface area contributed by atoms with Crippen LogP contribution < -0.4 is 11.1 Å². The molecule has 4 atom stereocenters. The molecule has 0 bridgehead atoms. The first-order valence-electron chi connectivity index (χ1n) is 14.9. The molecule has 2 amide bonds. The standard InChI is InChI=1S/C34H39N3O8/c1-33(2,3)13-12-23(39)36-18-8-6-16(7-9-18)19-10-11-22(38)25-20(19)14-17-15-21-27(37(4)5)29(41)26(32(35)44)31(43)34(21,45)30(42)24(17)28(25)40/h6-11,17,21,27,38,40,43,45H,12-15H2,1-5H3,(H2,35,44)(H,36,39). The summed E-state index contributed by atoms with van der Waals surface area (Å²) >= 11 is 0. The van der Waals surface area contributed by atoms with Crippen LogP contribution >= 0.6 is 0 Å². The molecule has 0 aromatic heterocycles. The SMILES string of the molecule is CN(C)C1C(=O)C(C(N)=O)=C(O)C2(O)C(=O)C3=C(O)c4c(O)ccc(-c5ccc(NC(=O)CCC(C)(C)C)cc5)c4CC3CC12. The Morgan fingerprint density at radius 1 is 1.04 bits per heavy atom. The van der Waals surface area contributed by atoms with E-state index in [1.54, 1.807) is 32.3 Å². The molecule has 0 aliphatic heterocycles. The quantitative estimate of drug-likeness (QED) is 0.264. The number of nitrogens with one attached hydrogen (secondary N) is 1. The number of primary amides is 1. The van der Waals surface area contributed by atoms with E-state index in [4.69, 9.17) is 5.73 Å². The smallest absolute Gasteiger partial charge is 0.255 e. The lowest BCUT2D eigenvalue weighted by atomic mass is 9.57. The number of phenolic OH excluding ortho intramolecular Hbond substituents is 1. The van der Waals surface area contributed by atoms with Gasteiger partial charge in [-0.2, -0.15) is 0 Å². The molecule has 11 nitrogen and oxygen atoms in total. The highest BCUT2D eigenvalue weighted by Gasteiger charge is 2.64. The topological polar surface area (TPSA) is 190 Å². The number of carbonyl (C=O) groups is 4. The van der Waals surface area contributed by atoms with E-state index in [-0.39, 0.29) is 41.0 Å². The van der Waals surface area contributed by atoms with Gasteiger partial charge in [0, 0.05) is 23.6 Å². The van der Waals surface area contributed by atoms with Gasteiger partial charge < -0.3 is 31.5 Å². The maximum Gasteiger partial charge on any atom is 0.255 e. The van der Waals surface area contributed by atoms with Crippen molar-refractivity contribution in [3.05, 3.63) is 64.4 Å². The van der Waals surface area contributed by atoms with Crippen molar-refractivity contribution in [1.29, 1.82) is 0 Å². The summed E-state index contributed by atoms with van der Waals surface area (Å²) in [6.07, 6.45) is 1.30. The molecular formula is C34H39N3O8. The summed E-state index contributed by atoms with van der Waals surface area (Å²) in [6.45, 7) is 6.22. The van der Waals surface area contributed by atoms with Crippen LogP contribution in [0.3, 0.4) is 0 Å². The number of hydrogen-bond acceptors (Lipinski definition) is 9. The summed E-state index contributed by atoms with van der Waals surface area (Å²) in [7, 11) is 3.11. The van der Waals surface area contributed by atoms with Crippen molar-refractivity contribution in [3.8, 4) is 16.9 Å². The fraction of sp³-hybridized carbons (Fsp3) is 0.412. The fourth-order valence-electron chi connectivity index (χ4n) is 6.96. The molecule has 0 radical (unpaired) electrons. The normalized spacial score (nSPS) is 24.7. The predicted octanol–water partition coefficient (Wildman–Crippen LogP) is 3.40. The van der Waals surface area contributed by atoms with Gasteiger partial charge in [-0.3, -0.25) is 24.1 Å². The number of nitrogens with zero attached hydrogens (tertiary/aromatic N) is 1. The molecule has 4 unspecified atom stereocenters. The van der Waals surface area contributed by atoms with E-state index < -0.39 is 58.0 Å². The number of phenols is 1. The van der Waals surface area contributed by atoms with Crippen LogP contribution in [0.25, 0.3) is 16.9 Å². The number of Topliss-reactive ketones (excluding diaryl/α,β-unsaturated/α-hetero) is 2. The lowest BCUT2D eigenvalue weighted by Crippen LogP contribution is -2.65. The highest BCUT2D eigenvalue weighted by molar-refractivity contribution is 6.24. The minimum Gasteiger partial charge on any atom is -0.508 e. The van der Waals surface area contributed by atoms with Gasteiger partial charge in [-0.25, -0.2) is 0 Å². The second-order valence-electron chi connectivity index (χ2n) is 13.6. The van der Waals surface area contributed by atoms with Gasteiger partial charge in [0.2, 0.25) is 11.7 Å². The molecule has 1 fully saturated rings. The van der Waals surface area contributed by atoms with E-state index in [9.17, 15) is 39.6 Å². The van der Waals surface area contributed by atoms with Crippen molar-refractivity contribution in [2.24, 2.45) is 23.0 Å². The Morgan fingerprint density at radius 3 is 2.27 bits per heavy atom. The second kappa shape index (κ2) is 11.1. The number of ketones is 2. The third-order valence-corrected chi connectivity index (χ3v) is 9.19. The lowest BCUT2D eigenvalue weighted by Gasteiger charge is -2.50. The van der Waals surface area contributed by atoms with E-state index in [0.717, 1.165) is 12.0 Å². The molecule has 3 aliphatic rings. The van der Waals surface area contributed by atoms with Crippen LogP contribution in [0.5, 0.6) is 5.75 Å². The molecule has 11 heteroatoms. The number of likely N-dealkylation sites (N-methyl/N-ethyl adjacent to an activating group) is 1. The Kier molecular flexibility index (Phi) is 7.91. The molecule has 0 spiro atoms. The molecule has 2 aromatic rings. The number of amides is 2. The Labute approximate surface area is 261 Å².